The first kappa shape index (κ1) is 12.1. The van der Waals surface area contributed by atoms with E-state index in [4.69, 9.17) is 10.7 Å². The minimum absolute atomic E-state index is 0.114. The molecular formula is C17H16N2S. The van der Waals surface area contributed by atoms with Gasteiger partial charge >= 0.3 is 0 Å². The number of rotatable bonds is 2. The molecule has 0 bridgehead atoms. The molecule has 0 saturated heterocycles. The van der Waals surface area contributed by atoms with E-state index in [9.17, 15) is 0 Å². The Morgan fingerprint density at radius 3 is 2.80 bits per heavy atom. The molecule has 1 aliphatic rings. The first-order valence-corrected chi connectivity index (χ1v) is 7.86. The molecule has 100 valence electrons. The molecule has 2 nitrogen and oxygen atoms in total. The van der Waals surface area contributed by atoms with Crippen LogP contribution in [-0.2, 0) is 12.8 Å². The van der Waals surface area contributed by atoms with Gasteiger partial charge in [-0.2, -0.15) is 0 Å². The van der Waals surface area contributed by atoms with Crippen molar-refractivity contribution in [3.8, 4) is 0 Å². The van der Waals surface area contributed by atoms with Crippen molar-refractivity contribution in [3.05, 3.63) is 63.6 Å². The quantitative estimate of drug-likeness (QED) is 0.774. The van der Waals surface area contributed by atoms with E-state index >= 15 is 0 Å². The van der Waals surface area contributed by atoms with E-state index in [1.54, 1.807) is 11.3 Å². The molecule has 0 spiro atoms. The van der Waals surface area contributed by atoms with Crippen LogP contribution in [0.2, 0.25) is 0 Å². The zero-order valence-corrected chi connectivity index (χ0v) is 12.0. The van der Waals surface area contributed by atoms with Gasteiger partial charge in [0.15, 0.2) is 0 Å². The van der Waals surface area contributed by atoms with Gasteiger partial charge in [-0.1, -0.05) is 42.5 Å². The Labute approximate surface area is 122 Å². The van der Waals surface area contributed by atoms with E-state index in [2.05, 4.69) is 42.5 Å². The van der Waals surface area contributed by atoms with E-state index in [1.807, 2.05) is 0 Å². The second-order valence-corrected chi connectivity index (χ2v) is 6.44. The maximum absolute atomic E-state index is 6.49. The molecule has 1 unspecified atom stereocenters. The smallest absolute Gasteiger partial charge is 0.114 e. The molecule has 1 aromatic heterocycles. The summed E-state index contributed by atoms with van der Waals surface area (Å²) in [4.78, 5) is 6.21. The summed E-state index contributed by atoms with van der Waals surface area (Å²) in [5.41, 5.74) is 8.95. The van der Waals surface area contributed by atoms with Crippen molar-refractivity contribution in [1.82, 2.24) is 4.98 Å². The molecule has 0 fully saturated rings. The molecule has 4 rings (SSSR count). The van der Waals surface area contributed by atoms with E-state index in [0.29, 0.717) is 0 Å². The Balaban J connectivity index is 1.81. The summed E-state index contributed by atoms with van der Waals surface area (Å²) >= 11 is 1.80. The lowest BCUT2D eigenvalue weighted by molar-refractivity contribution is 0.839. The van der Waals surface area contributed by atoms with Crippen LogP contribution in [0.25, 0.3) is 10.8 Å². The Kier molecular flexibility index (Phi) is 2.83. The van der Waals surface area contributed by atoms with E-state index in [-0.39, 0.29) is 6.04 Å². The van der Waals surface area contributed by atoms with Crippen LogP contribution in [0, 0.1) is 0 Å². The fourth-order valence-corrected chi connectivity index (χ4v) is 4.17. The van der Waals surface area contributed by atoms with Gasteiger partial charge in [0.1, 0.15) is 5.01 Å². The molecule has 1 heterocycles. The van der Waals surface area contributed by atoms with Gasteiger partial charge in [-0.15, -0.1) is 11.3 Å². The third-order valence-corrected chi connectivity index (χ3v) is 5.28. The van der Waals surface area contributed by atoms with Gasteiger partial charge in [0.2, 0.25) is 0 Å². The third-order valence-electron chi connectivity index (χ3n) is 4.04. The largest absolute Gasteiger partial charge is 0.318 e. The molecule has 0 radical (unpaired) electrons. The predicted octanol–water partition coefficient (Wildman–Crippen LogP) is 3.83. The minimum atomic E-state index is -0.114. The molecule has 0 amide bonds. The summed E-state index contributed by atoms with van der Waals surface area (Å²) in [6.45, 7) is 0. The molecule has 1 aliphatic carbocycles. The highest BCUT2D eigenvalue weighted by Gasteiger charge is 2.21. The number of benzene rings is 2. The van der Waals surface area contributed by atoms with Crippen LogP contribution in [0.1, 0.15) is 33.6 Å². The maximum Gasteiger partial charge on any atom is 0.114 e. The summed E-state index contributed by atoms with van der Waals surface area (Å²) in [5, 5.41) is 3.54. The predicted molar refractivity (Wildman–Crippen MR) is 84.1 cm³/mol. The maximum atomic E-state index is 6.49. The van der Waals surface area contributed by atoms with Gasteiger partial charge in [0, 0.05) is 4.88 Å². The van der Waals surface area contributed by atoms with Gasteiger partial charge in [0.05, 0.1) is 11.7 Å². The average Bonchev–Trinajstić information content (AvgIpc) is 3.07. The lowest BCUT2D eigenvalue weighted by Crippen LogP contribution is -2.12. The number of nitrogens with zero attached hydrogens (tertiary/aromatic N) is 1. The molecule has 3 aromatic rings. The summed E-state index contributed by atoms with van der Waals surface area (Å²) in [6, 6.07) is 14.6. The molecule has 3 heteroatoms. The Morgan fingerprint density at radius 2 is 1.90 bits per heavy atom. The van der Waals surface area contributed by atoms with Crippen LogP contribution >= 0.6 is 11.3 Å². The van der Waals surface area contributed by atoms with Gasteiger partial charge in [0.25, 0.3) is 0 Å². The average molecular weight is 280 g/mol. The monoisotopic (exact) mass is 280 g/mol. The number of aromatic nitrogens is 1. The summed E-state index contributed by atoms with van der Waals surface area (Å²) in [6.07, 6.45) is 3.54. The highest BCUT2D eigenvalue weighted by Crippen LogP contribution is 2.34. The molecule has 2 N–H and O–H groups in total. The molecule has 0 aliphatic heterocycles. The normalized spacial score (nSPS) is 15.4. The highest BCUT2D eigenvalue weighted by molar-refractivity contribution is 7.11. The Morgan fingerprint density at radius 1 is 1.05 bits per heavy atom. The van der Waals surface area contributed by atoms with Crippen LogP contribution in [0.4, 0.5) is 0 Å². The number of nitrogens with two attached hydrogens (primary N) is 1. The fourth-order valence-electron chi connectivity index (χ4n) is 3.00. The third kappa shape index (κ3) is 1.86. The summed E-state index contributed by atoms with van der Waals surface area (Å²) < 4.78 is 0. The van der Waals surface area contributed by atoms with Gasteiger partial charge in [-0.3, -0.25) is 0 Å². The number of fused-ring (bicyclic) bond motifs is 2. The molecular weight excluding hydrogens is 264 g/mol. The van der Waals surface area contributed by atoms with Gasteiger partial charge in [-0.25, -0.2) is 4.98 Å². The fraction of sp³-hybridized carbons (Fsp3) is 0.235. The van der Waals surface area contributed by atoms with Crippen molar-refractivity contribution < 1.29 is 0 Å². The van der Waals surface area contributed by atoms with Crippen molar-refractivity contribution in [2.24, 2.45) is 5.73 Å². The zero-order valence-electron chi connectivity index (χ0n) is 11.2. The summed E-state index contributed by atoms with van der Waals surface area (Å²) in [5.74, 6) is 0. The zero-order chi connectivity index (χ0) is 13.5. The van der Waals surface area contributed by atoms with E-state index in [1.165, 1.54) is 39.7 Å². The van der Waals surface area contributed by atoms with Crippen LogP contribution in [0.3, 0.4) is 0 Å². The Bertz CT molecular complexity index is 749. The molecule has 2 aromatic carbocycles. The number of hydrogen-bond acceptors (Lipinski definition) is 3. The number of thiazole rings is 1. The van der Waals surface area contributed by atoms with Crippen molar-refractivity contribution in [2.45, 2.75) is 25.3 Å². The standard InChI is InChI=1S/C17H16N2S/c18-16(17-19-14-9-4-10-15(14)20-17)13-8-3-6-11-5-1-2-7-12(11)13/h1-3,5-8,16H,4,9-10,18H2. The molecule has 20 heavy (non-hydrogen) atoms. The molecule has 0 saturated carbocycles. The minimum Gasteiger partial charge on any atom is -0.318 e. The Hall–Kier alpha value is -1.71. The van der Waals surface area contributed by atoms with Gasteiger partial charge < -0.3 is 5.73 Å². The van der Waals surface area contributed by atoms with Crippen molar-refractivity contribution in [1.29, 1.82) is 0 Å². The lowest BCUT2D eigenvalue weighted by atomic mass is 9.99. The van der Waals surface area contributed by atoms with Crippen molar-refractivity contribution in [2.75, 3.05) is 0 Å². The second kappa shape index (κ2) is 4.69. The molecule has 1 atom stereocenters. The van der Waals surface area contributed by atoms with Crippen LogP contribution in [0.15, 0.2) is 42.5 Å². The first-order chi connectivity index (χ1) is 9.83. The van der Waals surface area contributed by atoms with Gasteiger partial charge in [-0.05, 0) is 35.6 Å². The summed E-state index contributed by atoms with van der Waals surface area (Å²) in [7, 11) is 0. The topological polar surface area (TPSA) is 38.9 Å². The lowest BCUT2D eigenvalue weighted by Gasteiger charge is -2.12. The number of hydrogen-bond donors (Lipinski definition) is 1. The van der Waals surface area contributed by atoms with E-state index < -0.39 is 0 Å². The SMILES string of the molecule is NC(c1nc2c(s1)CCC2)c1cccc2ccccc12. The first-order valence-electron chi connectivity index (χ1n) is 7.04. The van der Waals surface area contributed by atoms with Crippen molar-refractivity contribution in [3.63, 3.8) is 0 Å². The van der Waals surface area contributed by atoms with Crippen LogP contribution in [0.5, 0.6) is 0 Å². The number of aryl methyl sites for hydroxylation is 2. The van der Waals surface area contributed by atoms with Crippen LogP contribution < -0.4 is 5.73 Å². The van der Waals surface area contributed by atoms with E-state index in [0.717, 1.165) is 11.4 Å². The second-order valence-electron chi connectivity index (χ2n) is 5.32. The van der Waals surface area contributed by atoms with Crippen LogP contribution in [-0.4, -0.2) is 4.98 Å². The van der Waals surface area contributed by atoms with Crippen molar-refractivity contribution >= 4 is 22.1 Å². The highest BCUT2D eigenvalue weighted by atomic mass is 32.1.